The van der Waals surface area contributed by atoms with Gasteiger partial charge in [-0.3, -0.25) is 4.79 Å². The second-order valence-corrected chi connectivity index (χ2v) is 5.04. The molecule has 0 aromatic rings. The van der Waals surface area contributed by atoms with Gasteiger partial charge in [-0.05, 0) is 25.7 Å². The van der Waals surface area contributed by atoms with Gasteiger partial charge in [0, 0.05) is 32.6 Å². The van der Waals surface area contributed by atoms with Crippen molar-refractivity contribution in [3.05, 3.63) is 12.2 Å². The lowest BCUT2D eigenvalue weighted by Gasteiger charge is -2.34. The highest BCUT2D eigenvalue weighted by atomic mass is 16.6. The quantitative estimate of drug-likeness (QED) is 0.730. The predicted octanol–water partition coefficient (Wildman–Crippen LogP) is 1.64. The second kappa shape index (κ2) is 6.59. The summed E-state index contributed by atoms with van der Waals surface area (Å²) in [7, 11) is 0. The number of rotatable bonds is 3. The molecule has 0 spiro atoms. The standard InChI is InChI=1S/C14H22N2O3/c1-2-19-14(18)16-9-7-15(8-10-16)13(17)11-12-5-3-4-6-12/h3,5,12H,2,4,6-11H2,1H3/t12-/m0/s1. The van der Waals surface area contributed by atoms with E-state index in [-0.39, 0.29) is 12.0 Å². The molecule has 0 N–H and O–H groups in total. The van der Waals surface area contributed by atoms with Crippen LogP contribution in [0.5, 0.6) is 0 Å². The van der Waals surface area contributed by atoms with E-state index in [4.69, 9.17) is 4.74 Å². The van der Waals surface area contributed by atoms with E-state index in [1.807, 2.05) is 4.90 Å². The van der Waals surface area contributed by atoms with E-state index in [1.54, 1.807) is 11.8 Å². The molecule has 1 atom stereocenters. The van der Waals surface area contributed by atoms with Crippen LogP contribution in [0.1, 0.15) is 26.2 Å². The van der Waals surface area contributed by atoms with Gasteiger partial charge in [0.2, 0.25) is 5.91 Å². The van der Waals surface area contributed by atoms with Gasteiger partial charge in [0.15, 0.2) is 0 Å². The molecular formula is C14H22N2O3. The van der Waals surface area contributed by atoms with Gasteiger partial charge in [-0.25, -0.2) is 4.79 Å². The molecule has 5 nitrogen and oxygen atoms in total. The Morgan fingerprint density at radius 1 is 1.21 bits per heavy atom. The Hall–Kier alpha value is -1.52. The topological polar surface area (TPSA) is 49.9 Å². The fourth-order valence-electron chi connectivity index (χ4n) is 2.57. The van der Waals surface area contributed by atoms with Gasteiger partial charge < -0.3 is 14.5 Å². The highest BCUT2D eigenvalue weighted by molar-refractivity contribution is 5.77. The third-order valence-electron chi connectivity index (χ3n) is 3.71. The summed E-state index contributed by atoms with van der Waals surface area (Å²) < 4.78 is 4.96. The molecular weight excluding hydrogens is 244 g/mol. The summed E-state index contributed by atoms with van der Waals surface area (Å²) in [5.74, 6) is 0.621. The smallest absolute Gasteiger partial charge is 0.409 e. The fraction of sp³-hybridized carbons (Fsp3) is 0.714. The first-order chi connectivity index (χ1) is 9.20. The molecule has 106 valence electrons. The Labute approximate surface area is 114 Å². The minimum Gasteiger partial charge on any atom is -0.450 e. The summed E-state index contributed by atoms with van der Waals surface area (Å²) in [5.41, 5.74) is 0. The van der Waals surface area contributed by atoms with Crippen molar-refractivity contribution in [1.82, 2.24) is 9.80 Å². The van der Waals surface area contributed by atoms with Crippen LogP contribution in [-0.4, -0.2) is 54.6 Å². The van der Waals surface area contributed by atoms with Crippen molar-refractivity contribution in [2.45, 2.75) is 26.2 Å². The van der Waals surface area contributed by atoms with E-state index in [9.17, 15) is 9.59 Å². The average molecular weight is 266 g/mol. The molecule has 1 aliphatic carbocycles. The maximum Gasteiger partial charge on any atom is 0.409 e. The molecule has 2 aliphatic rings. The monoisotopic (exact) mass is 266 g/mol. The van der Waals surface area contributed by atoms with Crippen LogP contribution in [0.3, 0.4) is 0 Å². The third-order valence-corrected chi connectivity index (χ3v) is 3.71. The summed E-state index contributed by atoms with van der Waals surface area (Å²) in [6.07, 6.45) is 6.82. The Morgan fingerprint density at radius 3 is 2.47 bits per heavy atom. The lowest BCUT2D eigenvalue weighted by molar-refractivity contribution is -0.133. The van der Waals surface area contributed by atoms with Crippen molar-refractivity contribution in [3.63, 3.8) is 0 Å². The van der Waals surface area contributed by atoms with Gasteiger partial charge in [-0.2, -0.15) is 0 Å². The highest BCUT2D eigenvalue weighted by Gasteiger charge is 2.26. The molecule has 0 aromatic heterocycles. The van der Waals surface area contributed by atoms with Crippen molar-refractivity contribution < 1.29 is 14.3 Å². The van der Waals surface area contributed by atoms with Crippen LogP contribution in [0.2, 0.25) is 0 Å². The van der Waals surface area contributed by atoms with Crippen LogP contribution in [0, 0.1) is 5.92 Å². The molecule has 1 fully saturated rings. The third kappa shape index (κ3) is 3.72. The zero-order valence-electron chi connectivity index (χ0n) is 11.5. The molecule has 1 heterocycles. The number of carbonyl (C=O) groups excluding carboxylic acids is 2. The molecule has 0 unspecified atom stereocenters. The summed E-state index contributed by atoms with van der Waals surface area (Å²) in [4.78, 5) is 27.2. The Balaban J connectivity index is 1.74. The average Bonchev–Trinajstić information content (AvgIpc) is 2.92. The van der Waals surface area contributed by atoms with Crippen LogP contribution in [0.25, 0.3) is 0 Å². The molecule has 1 saturated heterocycles. The lowest BCUT2D eigenvalue weighted by Crippen LogP contribution is -2.50. The van der Waals surface area contributed by atoms with E-state index in [1.165, 1.54) is 0 Å². The number of hydrogen-bond acceptors (Lipinski definition) is 3. The zero-order chi connectivity index (χ0) is 13.7. The molecule has 0 bridgehead atoms. The van der Waals surface area contributed by atoms with Gasteiger partial charge >= 0.3 is 6.09 Å². The summed E-state index contributed by atoms with van der Waals surface area (Å²) in [6, 6.07) is 0. The maximum absolute atomic E-state index is 12.1. The largest absolute Gasteiger partial charge is 0.450 e. The Kier molecular flexibility index (Phi) is 4.82. The SMILES string of the molecule is CCOC(=O)N1CCN(C(=O)C[C@H]2C=CCC2)CC1. The molecule has 19 heavy (non-hydrogen) atoms. The number of ether oxygens (including phenoxy) is 1. The van der Waals surface area contributed by atoms with E-state index < -0.39 is 0 Å². The van der Waals surface area contributed by atoms with E-state index >= 15 is 0 Å². The zero-order valence-corrected chi connectivity index (χ0v) is 11.5. The van der Waals surface area contributed by atoms with Crippen LogP contribution < -0.4 is 0 Å². The van der Waals surface area contributed by atoms with Gasteiger partial charge in [0.25, 0.3) is 0 Å². The Morgan fingerprint density at radius 2 is 1.89 bits per heavy atom. The summed E-state index contributed by atoms with van der Waals surface area (Å²) >= 11 is 0. The maximum atomic E-state index is 12.1. The fourth-order valence-corrected chi connectivity index (χ4v) is 2.57. The Bertz CT molecular complexity index is 360. The highest BCUT2D eigenvalue weighted by Crippen LogP contribution is 2.21. The van der Waals surface area contributed by atoms with E-state index in [0.29, 0.717) is 45.1 Å². The van der Waals surface area contributed by atoms with Crippen molar-refractivity contribution in [1.29, 1.82) is 0 Å². The minimum atomic E-state index is -0.270. The van der Waals surface area contributed by atoms with Crippen LogP contribution >= 0.6 is 0 Å². The lowest BCUT2D eigenvalue weighted by atomic mass is 10.0. The van der Waals surface area contributed by atoms with Crippen molar-refractivity contribution in [3.8, 4) is 0 Å². The number of nitrogens with zero attached hydrogens (tertiary/aromatic N) is 2. The van der Waals surface area contributed by atoms with Crippen molar-refractivity contribution in [2.24, 2.45) is 5.92 Å². The molecule has 0 radical (unpaired) electrons. The van der Waals surface area contributed by atoms with Crippen LogP contribution in [0.15, 0.2) is 12.2 Å². The first kappa shape index (κ1) is 13.9. The first-order valence-electron chi connectivity index (χ1n) is 7.07. The molecule has 2 amide bonds. The number of allylic oxidation sites excluding steroid dienone is 2. The van der Waals surface area contributed by atoms with E-state index in [2.05, 4.69) is 12.2 Å². The molecule has 5 heteroatoms. The number of hydrogen-bond donors (Lipinski definition) is 0. The van der Waals surface area contributed by atoms with Gasteiger partial charge in [0.05, 0.1) is 6.61 Å². The minimum absolute atomic E-state index is 0.208. The number of amides is 2. The molecule has 2 rings (SSSR count). The summed E-state index contributed by atoms with van der Waals surface area (Å²) in [6.45, 7) is 4.58. The van der Waals surface area contributed by atoms with Gasteiger partial charge in [-0.1, -0.05) is 12.2 Å². The van der Waals surface area contributed by atoms with Crippen molar-refractivity contribution >= 4 is 12.0 Å². The van der Waals surface area contributed by atoms with Crippen molar-refractivity contribution in [2.75, 3.05) is 32.8 Å². The van der Waals surface area contributed by atoms with E-state index in [0.717, 1.165) is 12.8 Å². The normalized spacial score (nSPS) is 22.7. The molecule has 0 aromatic carbocycles. The predicted molar refractivity (Wildman–Crippen MR) is 71.7 cm³/mol. The molecule has 1 aliphatic heterocycles. The molecule has 0 saturated carbocycles. The van der Waals surface area contributed by atoms with Crippen LogP contribution in [-0.2, 0) is 9.53 Å². The number of carbonyl (C=O) groups is 2. The van der Waals surface area contributed by atoms with Gasteiger partial charge in [-0.15, -0.1) is 0 Å². The number of piperazine rings is 1. The van der Waals surface area contributed by atoms with Gasteiger partial charge in [0.1, 0.15) is 0 Å². The second-order valence-electron chi connectivity index (χ2n) is 5.04. The first-order valence-corrected chi connectivity index (χ1v) is 7.07. The van der Waals surface area contributed by atoms with Crippen LogP contribution in [0.4, 0.5) is 4.79 Å². The summed E-state index contributed by atoms with van der Waals surface area (Å²) in [5, 5.41) is 0.